The predicted octanol–water partition coefficient (Wildman–Crippen LogP) is 0.308. The highest BCUT2D eigenvalue weighted by molar-refractivity contribution is 7.90. The Balaban J connectivity index is 4.01. The van der Waals surface area contributed by atoms with Crippen molar-refractivity contribution in [1.29, 1.82) is 0 Å². The Kier molecular flexibility index (Phi) is 4.63. The zero-order valence-electron chi connectivity index (χ0n) is 7.12. The summed E-state index contributed by atoms with van der Waals surface area (Å²) in [6.07, 6.45) is 0.610. The Morgan fingerprint density at radius 3 is 2.45 bits per heavy atom. The molecule has 0 heterocycles. The Morgan fingerprint density at radius 2 is 2.09 bits per heavy atom. The third kappa shape index (κ3) is 3.69. The molecule has 11 heavy (non-hydrogen) atoms. The molecule has 5 heteroatoms. The molecule has 0 spiro atoms. The number of nitrogens with one attached hydrogen (secondary N) is 1. The summed E-state index contributed by atoms with van der Waals surface area (Å²) in [5.74, 6) is 0. The maximum Gasteiger partial charge on any atom is 0.216 e. The molecular formula is C6H15NO3S. The van der Waals surface area contributed by atoms with Gasteiger partial charge in [-0.3, -0.25) is 0 Å². The molecular weight excluding hydrogens is 166 g/mol. The van der Waals surface area contributed by atoms with Crippen molar-refractivity contribution in [2.75, 3.05) is 13.8 Å². The average Bonchev–Trinajstić information content (AvgIpc) is 1.99. The van der Waals surface area contributed by atoms with Gasteiger partial charge in [0.2, 0.25) is 10.0 Å². The number of sulfonamides is 1. The van der Waals surface area contributed by atoms with E-state index in [-0.39, 0.29) is 12.0 Å². The van der Waals surface area contributed by atoms with Gasteiger partial charge in [-0.1, -0.05) is 6.92 Å². The molecule has 0 fully saturated rings. The van der Waals surface area contributed by atoms with Gasteiger partial charge in [-0.15, -0.1) is 0 Å². The number of hydrogen-bond acceptors (Lipinski definition) is 3. The van der Waals surface area contributed by atoms with Crippen molar-refractivity contribution in [3.63, 3.8) is 0 Å². The Hall–Kier alpha value is -0.130. The third-order valence-corrected chi connectivity index (χ3v) is 3.42. The van der Waals surface area contributed by atoms with Crippen molar-refractivity contribution in [2.24, 2.45) is 0 Å². The fraction of sp³-hybridized carbons (Fsp3) is 1.00. The maximum absolute atomic E-state index is 11.1. The first-order valence-electron chi connectivity index (χ1n) is 3.52. The van der Waals surface area contributed by atoms with Crippen LogP contribution in [0.4, 0.5) is 0 Å². The molecule has 0 amide bonds. The van der Waals surface area contributed by atoms with Gasteiger partial charge < -0.3 is 4.74 Å². The molecule has 0 aromatic heterocycles. The van der Waals surface area contributed by atoms with Crippen LogP contribution in [0.2, 0.25) is 0 Å². The van der Waals surface area contributed by atoms with Crippen molar-refractivity contribution in [3.8, 4) is 0 Å². The van der Waals surface area contributed by atoms with Crippen LogP contribution in [0.5, 0.6) is 0 Å². The molecule has 1 unspecified atom stereocenters. The summed E-state index contributed by atoms with van der Waals surface area (Å²) in [6.45, 7) is 3.54. The van der Waals surface area contributed by atoms with Gasteiger partial charge in [-0.25, -0.2) is 8.42 Å². The average molecular weight is 181 g/mol. The summed E-state index contributed by atoms with van der Waals surface area (Å²) in [4.78, 5) is 0. The van der Waals surface area contributed by atoms with Gasteiger partial charge >= 0.3 is 0 Å². The highest BCUT2D eigenvalue weighted by Gasteiger charge is 2.17. The lowest BCUT2D eigenvalue weighted by Gasteiger charge is -2.10. The first kappa shape index (κ1) is 10.9. The molecule has 0 aliphatic rings. The fourth-order valence-corrected chi connectivity index (χ4v) is 1.51. The standard InChI is InChI=1S/C6H15NO3S/c1-4-6(2)11(8,9)7-5-10-3/h6-7H,4-5H2,1-3H3. The molecule has 0 radical (unpaired) electrons. The van der Waals surface area contributed by atoms with E-state index < -0.39 is 10.0 Å². The second-order valence-corrected chi connectivity index (χ2v) is 4.52. The second kappa shape index (κ2) is 4.69. The van der Waals surface area contributed by atoms with Crippen LogP contribution < -0.4 is 4.72 Å². The van der Waals surface area contributed by atoms with Crippen LogP contribution in [0.1, 0.15) is 20.3 Å². The second-order valence-electron chi connectivity index (χ2n) is 2.34. The van der Waals surface area contributed by atoms with E-state index in [0.717, 1.165) is 0 Å². The molecule has 0 bridgehead atoms. The minimum atomic E-state index is -3.15. The molecule has 1 N–H and O–H groups in total. The van der Waals surface area contributed by atoms with Crippen molar-refractivity contribution in [3.05, 3.63) is 0 Å². The molecule has 0 rings (SSSR count). The monoisotopic (exact) mass is 181 g/mol. The van der Waals surface area contributed by atoms with E-state index in [1.807, 2.05) is 6.92 Å². The smallest absolute Gasteiger partial charge is 0.216 e. The lowest BCUT2D eigenvalue weighted by atomic mass is 10.4. The lowest BCUT2D eigenvalue weighted by Crippen LogP contribution is -2.33. The molecule has 68 valence electrons. The molecule has 1 atom stereocenters. The first-order valence-corrected chi connectivity index (χ1v) is 5.06. The van der Waals surface area contributed by atoms with Gasteiger partial charge in [0.15, 0.2) is 0 Å². The summed E-state index contributed by atoms with van der Waals surface area (Å²) < 4.78 is 29.2. The van der Waals surface area contributed by atoms with Crippen LogP contribution in [0.15, 0.2) is 0 Å². The van der Waals surface area contributed by atoms with Crippen LogP contribution in [-0.4, -0.2) is 27.5 Å². The van der Waals surface area contributed by atoms with Crippen molar-refractivity contribution in [1.82, 2.24) is 4.72 Å². The van der Waals surface area contributed by atoms with E-state index in [2.05, 4.69) is 9.46 Å². The molecule has 4 nitrogen and oxygen atoms in total. The van der Waals surface area contributed by atoms with Gasteiger partial charge in [0, 0.05) is 7.11 Å². The first-order chi connectivity index (χ1) is 5.04. The van der Waals surface area contributed by atoms with Crippen LogP contribution >= 0.6 is 0 Å². The van der Waals surface area contributed by atoms with Crippen LogP contribution in [-0.2, 0) is 14.8 Å². The van der Waals surface area contributed by atoms with E-state index in [0.29, 0.717) is 6.42 Å². The molecule has 0 aromatic rings. The maximum atomic E-state index is 11.1. The zero-order chi connectivity index (χ0) is 8.91. The number of rotatable bonds is 5. The molecule has 0 saturated carbocycles. The number of methoxy groups -OCH3 is 1. The highest BCUT2D eigenvalue weighted by atomic mass is 32.2. The van der Waals surface area contributed by atoms with Crippen molar-refractivity contribution >= 4 is 10.0 Å². The minimum Gasteiger partial charge on any atom is -0.369 e. The van der Waals surface area contributed by atoms with Gasteiger partial charge in [0.1, 0.15) is 6.73 Å². The highest BCUT2D eigenvalue weighted by Crippen LogP contribution is 2.01. The Labute approximate surface area is 68.0 Å². The van der Waals surface area contributed by atoms with Crippen LogP contribution in [0.3, 0.4) is 0 Å². The van der Waals surface area contributed by atoms with E-state index in [1.165, 1.54) is 7.11 Å². The van der Waals surface area contributed by atoms with Gasteiger partial charge in [0.05, 0.1) is 5.25 Å². The molecule has 0 aliphatic carbocycles. The largest absolute Gasteiger partial charge is 0.369 e. The van der Waals surface area contributed by atoms with Gasteiger partial charge in [-0.2, -0.15) is 4.72 Å². The summed E-state index contributed by atoms with van der Waals surface area (Å²) in [5, 5.41) is -0.349. The predicted molar refractivity (Wildman–Crippen MR) is 43.7 cm³/mol. The van der Waals surface area contributed by atoms with Gasteiger partial charge in [-0.05, 0) is 13.3 Å². The summed E-state index contributed by atoms with van der Waals surface area (Å²) in [6, 6.07) is 0. The fourth-order valence-electron chi connectivity index (χ4n) is 0.503. The lowest BCUT2D eigenvalue weighted by molar-refractivity contribution is 0.194. The van der Waals surface area contributed by atoms with Gasteiger partial charge in [0.25, 0.3) is 0 Å². The summed E-state index contributed by atoms with van der Waals surface area (Å²) in [7, 11) is -1.70. The Morgan fingerprint density at radius 1 is 1.55 bits per heavy atom. The molecule has 0 aromatic carbocycles. The summed E-state index contributed by atoms with van der Waals surface area (Å²) in [5.41, 5.74) is 0. The van der Waals surface area contributed by atoms with Crippen LogP contribution in [0.25, 0.3) is 0 Å². The Bertz CT molecular complexity index is 188. The number of ether oxygens (including phenoxy) is 1. The van der Waals surface area contributed by atoms with Crippen LogP contribution in [0, 0.1) is 0 Å². The molecule has 0 aliphatic heterocycles. The van der Waals surface area contributed by atoms with E-state index in [4.69, 9.17) is 0 Å². The minimum absolute atomic E-state index is 0.0483. The van der Waals surface area contributed by atoms with E-state index in [1.54, 1.807) is 6.92 Å². The zero-order valence-corrected chi connectivity index (χ0v) is 7.94. The number of hydrogen-bond donors (Lipinski definition) is 1. The summed E-state index contributed by atoms with van der Waals surface area (Å²) >= 11 is 0. The van der Waals surface area contributed by atoms with E-state index in [9.17, 15) is 8.42 Å². The SMILES string of the molecule is CCC(C)S(=O)(=O)NCOC. The van der Waals surface area contributed by atoms with Crippen molar-refractivity contribution < 1.29 is 13.2 Å². The third-order valence-electron chi connectivity index (χ3n) is 1.51. The van der Waals surface area contributed by atoms with E-state index >= 15 is 0 Å². The molecule has 0 saturated heterocycles. The van der Waals surface area contributed by atoms with Crippen molar-refractivity contribution in [2.45, 2.75) is 25.5 Å². The topological polar surface area (TPSA) is 55.4 Å². The quantitative estimate of drug-likeness (QED) is 0.621. The normalized spacial score (nSPS) is 14.8.